The molecule has 1 aromatic rings. The Labute approximate surface area is 116 Å². The molecule has 0 saturated carbocycles. The molecule has 0 spiro atoms. The average Bonchev–Trinajstić information content (AvgIpc) is 2.77. The average molecular weight is 275 g/mol. The number of benzene rings is 1. The zero-order chi connectivity index (χ0) is 14.7. The van der Waals surface area contributed by atoms with Gasteiger partial charge < -0.3 is 10.0 Å². The number of likely N-dealkylation sites (tertiary alicyclic amines) is 1. The summed E-state index contributed by atoms with van der Waals surface area (Å²) in [6, 6.07) is 4.70. The maximum atomic E-state index is 13.1. The largest absolute Gasteiger partial charge is 0.480 e. The van der Waals surface area contributed by atoms with E-state index in [1.807, 2.05) is 0 Å². The molecule has 1 fully saturated rings. The van der Waals surface area contributed by atoms with E-state index in [-0.39, 0.29) is 31.2 Å². The van der Waals surface area contributed by atoms with Crippen molar-refractivity contribution in [2.75, 3.05) is 6.54 Å². The number of halogens is 1. The Morgan fingerprint density at radius 1 is 1.60 bits per heavy atom. The highest BCUT2D eigenvalue weighted by molar-refractivity contribution is 5.85. The normalized spacial score (nSPS) is 19.7. The summed E-state index contributed by atoms with van der Waals surface area (Å²) in [7, 11) is 0. The van der Waals surface area contributed by atoms with Gasteiger partial charge in [0, 0.05) is 25.3 Å². The van der Waals surface area contributed by atoms with E-state index in [9.17, 15) is 19.1 Å². The molecule has 2 rings (SSSR count). The summed E-state index contributed by atoms with van der Waals surface area (Å²) < 4.78 is 13.1. The minimum Gasteiger partial charge on any atom is -0.480 e. The van der Waals surface area contributed by atoms with Gasteiger partial charge in [0.2, 0.25) is 5.91 Å². The Hall–Kier alpha value is -2.35. The number of carbonyl (C=O) groups excluding carboxylic acids is 1. The second-order valence-corrected chi connectivity index (χ2v) is 4.80. The number of carboxylic acids is 1. The van der Waals surface area contributed by atoms with Gasteiger partial charge in [-0.3, -0.25) is 4.79 Å². The van der Waals surface area contributed by atoms with E-state index in [0.29, 0.717) is 5.56 Å². The van der Waals surface area contributed by atoms with Crippen molar-refractivity contribution in [3.8, 4) is 12.3 Å². The van der Waals surface area contributed by atoms with Crippen LogP contribution < -0.4 is 0 Å². The number of amides is 1. The molecule has 2 atom stereocenters. The van der Waals surface area contributed by atoms with Crippen molar-refractivity contribution in [3.05, 3.63) is 35.6 Å². The number of carbonyl (C=O) groups is 2. The molecular formula is C15H14FNO3. The Morgan fingerprint density at radius 2 is 2.35 bits per heavy atom. The third-order valence-electron chi connectivity index (χ3n) is 3.37. The summed E-state index contributed by atoms with van der Waals surface area (Å²) >= 11 is 0. The fourth-order valence-corrected chi connectivity index (χ4v) is 2.36. The van der Waals surface area contributed by atoms with Crippen LogP contribution in [0.25, 0.3) is 0 Å². The summed E-state index contributed by atoms with van der Waals surface area (Å²) in [6.07, 6.45) is 5.52. The molecule has 4 nitrogen and oxygen atoms in total. The van der Waals surface area contributed by atoms with E-state index in [1.165, 1.54) is 23.1 Å². The van der Waals surface area contributed by atoms with Crippen molar-refractivity contribution in [2.45, 2.75) is 18.9 Å². The SMILES string of the molecule is C#CC1CC(=O)N([C@@H](Cc2cccc(F)c2)C(=O)O)C1. The number of hydrogen-bond acceptors (Lipinski definition) is 2. The molecular weight excluding hydrogens is 261 g/mol. The van der Waals surface area contributed by atoms with Crippen molar-refractivity contribution in [1.29, 1.82) is 0 Å². The number of rotatable bonds is 4. The van der Waals surface area contributed by atoms with E-state index in [2.05, 4.69) is 5.92 Å². The van der Waals surface area contributed by atoms with Gasteiger partial charge in [-0.2, -0.15) is 0 Å². The van der Waals surface area contributed by atoms with Gasteiger partial charge in [0.25, 0.3) is 0 Å². The van der Waals surface area contributed by atoms with Crippen LogP contribution in [0.1, 0.15) is 12.0 Å². The Morgan fingerprint density at radius 3 is 2.90 bits per heavy atom. The number of carboxylic acid groups (broad SMARTS) is 1. The molecule has 5 heteroatoms. The number of terminal acetylenes is 1. The first-order chi connectivity index (χ1) is 9.51. The van der Waals surface area contributed by atoms with Crippen LogP contribution in [0.3, 0.4) is 0 Å². The lowest BCUT2D eigenvalue weighted by molar-refractivity contribution is -0.148. The predicted octanol–water partition coefficient (Wildman–Crippen LogP) is 1.30. The van der Waals surface area contributed by atoms with Gasteiger partial charge in [-0.15, -0.1) is 12.3 Å². The van der Waals surface area contributed by atoms with Crippen molar-refractivity contribution >= 4 is 11.9 Å². The van der Waals surface area contributed by atoms with Gasteiger partial charge in [0.05, 0.1) is 0 Å². The molecule has 1 heterocycles. The van der Waals surface area contributed by atoms with Crippen molar-refractivity contribution in [3.63, 3.8) is 0 Å². The van der Waals surface area contributed by atoms with Crippen LogP contribution in [0.4, 0.5) is 4.39 Å². The molecule has 0 aromatic heterocycles. The van der Waals surface area contributed by atoms with Gasteiger partial charge in [-0.25, -0.2) is 9.18 Å². The highest BCUT2D eigenvalue weighted by Gasteiger charge is 2.37. The third kappa shape index (κ3) is 2.97. The maximum absolute atomic E-state index is 13.1. The van der Waals surface area contributed by atoms with Crippen molar-refractivity contribution < 1.29 is 19.1 Å². The highest BCUT2D eigenvalue weighted by atomic mass is 19.1. The van der Waals surface area contributed by atoms with Crippen LogP contribution in [0, 0.1) is 24.1 Å². The molecule has 1 aromatic carbocycles. The molecule has 1 aliphatic rings. The smallest absolute Gasteiger partial charge is 0.326 e. The molecule has 1 saturated heterocycles. The lowest BCUT2D eigenvalue weighted by Gasteiger charge is -2.24. The van der Waals surface area contributed by atoms with Gasteiger partial charge in [-0.1, -0.05) is 12.1 Å². The molecule has 0 aliphatic carbocycles. The molecule has 20 heavy (non-hydrogen) atoms. The predicted molar refractivity (Wildman–Crippen MR) is 70.2 cm³/mol. The first-order valence-electron chi connectivity index (χ1n) is 6.24. The topological polar surface area (TPSA) is 57.6 Å². The fraction of sp³-hybridized carbons (Fsp3) is 0.333. The van der Waals surface area contributed by atoms with Crippen molar-refractivity contribution in [2.24, 2.45) is 5.92 Å². The summed E-state index contributed by atoms with van der Waals surface area (Å²) in [5.41, 5.74) is 0.536. The molecule has 1 unspecified atom stereocenters. The van der Waals surface area contributed by atoms with Crippen molar-refractivity contribution in [1.82, 2.24) is 4.90 Å². The minimum atomic E-state index is -1.11. The van der Waals surface area contributed by atoms with Crippen LogP contribution in [0.5, 0.6) is 0 Å². The van der Waals surface area contributed by atoms with Crippen LogP contribution in [0.2, 0.25) is 0 Å². The Balaban J connectivity index is 2.18. The highest BCUT2D eigenvalue weighted by Crippen LogP contribution is 2.22. The first-order valence-corrected chi connectivity index (χ1v) is 6.24. The minimum absolute atomic E-state index is 0.0656. The quantitative estimate of drug-likeness (QED) is 0.843. The number of aliphatic carboxylic acids is 1. The lowest BCUT2D eigenvalue weighted by Crippen LogP contribution is -2.43. The van der Waals surface area contributed by atoms with Gasteiger partial charge in [-0.05, 0) is 17.7 Å². The summed E-state index contributed by atoms with van der Waals surface area (Å²) in [6.45, 7) is 0.238. The first kappa shape index (κ1) is 14.1. The standard InChI is InChI=1S/C15H14FNO3/c1-2-10-8-14(18)17(9-10)13(15(19)20)7-11-4-3-5-12(16)6-11/h1,3-6,10,13H,7-9H2,(H,19,20)/t10?,13-/m0/s1. The van der Waals surface area contributed by atoms with Gasteiger partial charge >= 0.3 is 5.97 Å². The zero-order valence-corrected chi connectivity index (χ0v) is 10.8. The fourth-order valence-electron chi connectivity index (χ4n) is 2.36. The zero-order valence-electron chi connectivity index (χ0n) is 10.8. The third-order valence-corrected chi connectivity index (χ3v) is 3.37. The van der Waals surface area contributed by atoms with Gasteiger partial charge in [0.15, 0.2) is 0 Å². The van der Waals surface area contributed by atoms with E-state index in [4.69, 9.17) is 6.42 Å². The lowest BCUT2D eigenvalue weighted by atomic mass is 10.0. The Bertz CT molecular complexity index is 579. The Kier molecular flexibility index (Phi) is 4.04. The number of nitrogens with zero attached hydrogens (tertiary/aromatic N) is 1. The molecule has 1 N–H and O–H groups in total. The summed E-state index contributed by atoms with van der Waals surface area (Å²) in [5.74, 6) is 0.415. The molecule has 1 amide bonds. The second-order valence-electron chi connectivity index (χ2n) is 4.80. The summed E-state index contributed by atoms with van der Waals surface area (Å²) in [4.78, 5) is 24.5. The van der Waals surface area contributed by atoms with E-state index in [0.717, 1.165) is 0 Å². The second kappa shape index (κ2) is 5.74. The molecule has 1 aliphatic heterocycles. The molecule has 104 valence electrons. The molecule has 0 bridgehead atoms. The van der Waals surface area contributed by atoms with E-state index >= 15 is 0 Å². The van der Waals surface area contributed by atoms with Gasteiger partial charge in [0.1, 0.15) is 11.9 Å². The van der Waals surface area contributed by atoms with Crippen LogP contribution in [-0.4, -0.2) is 34.5 Å². The van der Waals surface area contributed by atoms with Crippen LogP contribution >= 0.6 is 0 Å². The summed E-state index contributed by atoms with van der Waals surface area (Å²) in [5, 5.41) is 9.30. The van der Waals surface area contributed by atoms with Crippen LogP contribution in [-0.2, 0) is 16.0 Å². The number of hydrogen-bond donors (Lipinski definition) is 1. The van der Waals surface area contributed by atoms with Crippen LogP contribution in [0.15, 0.2) is 24.3 Å². The molecule has 0 radical (unpaired) electrons. The van der Waals surface area contributed by atoms with E-state index in [1.54, 1.807) is 6.07 Å². The maximum Gasteiger partial charge on any atom is 0.326 e. The van der Waals surface area contributed by atoms with E-state index < -0.39 is 17.8 Å². The monoisotopic (exact) mass is 275 g/mol.